The van der Waals surface area contributed by atoms with Crippen LogP contribution < -0.4 is 9.47 Å². The first-order chi connectivity index (χ1) is 20.9. The van der Waals surface area contributed by atoms with Crippen molar-refractivity contribution in [2.24, 2.45) is 0 Å². The first-order valence-corrected chi connectivity index (χ1v) is 16.2. The van der Waals surface area contributed by atoms with E-state index in [0.29, 0.717) is 57.7 Å². The number of benzene rings is 2. The number of aryl methyl sites for hydroxylation is 1. The highest BCUT2D eigenvalue weighted by atomic mass is 32.1. The Labute approximate surface area is 259 Å². The summed E-state index contributed by atoms with van der Waals surface area (Å²) in [5.74, 6) is 1.06. The molecule has 0 saturated heterocycles. The summed E-state index contributed by atoms with van der Waals surface area (Å²) in [7, 11) is 0. The Morgan fingerprint density at radius 3 is 2.21 bits per heavy atom. The van der Waals surface area contributed by atoms with Crippen molar-refractivity contribution in [1.82, 2.24) is 0 Å². The maximum Gasteiger partial charge on any atom is 0.306 e. The zero-order valence-electron chi connectivity index (χ0n) is 25.7. The van der Waals surface area contributed by atoms with Crippen LogP contribution >= 0.6 is 11.3 Å². The van der Waals surface area contributed by atoms with Crippen LogP contribution in [-0.2, 0) is 31.9 Å². The van der Waals surface area contributed by atoms with E-state index >= 15 is 0 Å². The SMILES string of the molecule is CCOC(=O)CCCOc1cccc(CCCCCCOc2cc(C(C)=O)cc(-c3ccsc3)c2)c1CCC(=O)OCC. The molecule has 232 valence electrons. The Kier molecular flexibility index (Phi) is 14.8. The van der Waals surface area contributed by atoms with Gasteiger partial charge in [-0.1, -0.05) is 25.0 Å². The molecule has 3 rings (SSSR count). The van der Waals surface area contributed by atoms with Crippen molar-refractivity contribution in [1.29, 1.82) is 0 Å². The van der Waals surface area contributed by atoms with Gasteiger partial charge in [-0.25, -0.2) is 0 Å². The molecule has 3 aromatic rings. The lowest BCUT2D eigenvalue weighted by molar-refractivity contribution is -0.144. The Balaban J connectivity index is 1.50. The normalized spacial score (nSPS) is 10.8. The minimum absolute atomic E-state index is 0.0229. The molecule has 1 aromatic heterocycles. The number of ketones is 1. The molecule has 8 heteroatoms. The van der Waals surface area contributed by atoms with Crippen molar-refractivity contribution in [2.45, 2.75) is 78.6 Å². The highest BCUT2D eigenvalue weighted by Gasteiger charge is 2.13. The number of rotatable bonds is 20. The molecule has 0 unspecified atom stereocenters. The van der Waals surface area contributed by atoms with E-state index in [4.69, 9.17) is 18.9 Å². The van der Waals surface area contributed by atoms with Crippen LogP contribution in [0.4, 0.5) is 0 Å². The van der Waals surface area contributed by atoms with Crippen LogP contribution in [0.15, 0.2) is 53.2 Å². The Morgan fingerprint density at radius 2 is 1.49 bits per heavy atom. The first-order valence-electron chi connectivity index (χ1n) is 15.3. The lowest BCUT2D eigenvalue weighted by Gasteiger charge is -2.16. The number of hydrogen-bond donors (Lipinski definition) is 0. The van der Waals surface area contributed by atoms with Crippen molar-refractivity contribution in [2.75, 3.05) is 26.4 Å². The molecular weight excluding hydrogens is 564 g/mol. The first kappa shape index (κ1) is 33.8. The standard InChI is InChI=1S/C35H44O7S/c1-4-39-34(37)15-11-20-42-33-14-10-13-27(32(33)16-17-35(38)40-5-2)12-8-6-7-9-19-41-31-23-29(26(3)36)22-30(24-31)28-18-21-43-25-28/h10,13-14,18,21-25H,4-9,11-12,15-17,19-20H2,1-3H3. The Hall–Kier alpha value is -3.65. The van der Waals surface area contributed by atoms with Crippen LogP contribution in [0.5, 0.6) is 11.5 Å². The highest BCUT2D eigenvalue weighted by molar-refractivity contribution is 7.08. The fraction of sp³-hybridized carbons (Fsp3) is 0.457. The van der Waals surface area contributed by atoms with Crippen LogP contribution in [0.3, 0.4) is 0 Å². The van der Waals surface area contributed by atoms with Gasteiger partial charge >= 0.3 is 11.9 Å². The monoisotopic (exact) mass is 608 g/mol. The van der Waals surface area contributed by atoms with Gasteiger partial charge in [0.1, 0.15) is 11.5 Å². The molecule has 2 aromatic carbocycles. The van der Waals surface area contributed by atoms with Gasteiger partial charge in [0.2, 0.25) is 0 Å². The number of Topliss-reactive ketones (excluding diaryl/α,β-unsaturated/α-hetero) is 1. The van der Waals surface area contributed by atoms with E-state index in [1.165, 1.54) is 5.56 Å². The van der Waals surface area contributed by atoms with Crippen molar-refractivity contribution < 1.29 is 33.3 Å². The van der Waals surface area contributed by atoms with Crippen LogP contribution in [0.2, 0.25) is 0 Å². The quantitative estimate of drug-likeness (QED) is 0.0729. The number of unbranched alkanes of at least 4 members (excludes halogenated alkanes) is 3. The maximum absolute atomic E-state index is 12.1. The van der Waals surface area contributed by atoms with E-state index in [9.17, 15) is 14.4 Å². The van der Waals surface area contributed by atoms with Crippen LogP contribution in [0.25, 0.3) is 11.1 Å². The number of thiophene rings is 1. The van der Waals surface area contributed by atoms with E-state index in [2.05, 4.69) is 11.4 Å². The molecule has 0 aliphatic heterocycles. The number of carbonyl (C=O) groups excluding carboxylic acids is 3. The van der Waals surface area contributed by atoms with Crippen molar-refractivity contribution in [3.8, 4) is 22.6 Å². The Bertz CT molecular complexity index is 1300. The third kappa shape index (κ3) is 11.9. The molecule has 0 N–H and O–H groups in total. The average Bonchev–Trinajstić information content (AvgIpc) is 3.54. The fourth-order valence-electron chi connectivity index (χ4n) is 4.80. The summed E-state index contributed by atoms with van der Waals surface area (Å²) in [5, 5.41) is 4.09. The van der Waals surface area contributed by atoms with Gasteiger partial charge in [-0.15, -0.1) is 0 Å². The minimum atomic E-state index is -0.222. The van der Waals surface area contributed by atoms with Crippen LogP contribution in [0, 0.1) is 0 Å². The second-order valence-electron chi connectivity index (χ2n) is 10.3. The third-order valence-corrected chi connectivity index (χ3v) is 7.66. The van der Waals surface area contributed by atoms with Crippen molar-refractivity contribution in [3.05, 3.63) is 69.9 Å². The lowest BCUT2D eigenvalue weighted by atomic mass is 9.96. The number of ether oxygens (including phenoxy) is 4. The number of esters is 2. The molecular formula is C35H44O7S. The second-order valence-corrected chi connectivity index (χ2v) is 11.1. The predicted molar refractivity (Wildman–Crippen MR) is 170 cm³/mol. The number of carbonyl (C=O) groups is 3. The van der Waals surface area contributed by atoms with E-state index in [0.717, 1.165) is 60.3 Å². The Morgan fingerprint density at radius 1 is 0.744 bits per heavy atom. The van der Waals surface area contributed by atoms with Crippen molar-refractivity contribution >= 4 is 29.1 Å². The summed E-state index contributed by atoms with van der Waals surface area (Å²) in [6.45, 7) is 6.90. The molecule has 0 aliphatic rings. The summed E-state index contributed by atoms with van der Waals surface area (Å²) < 4.78 is 22.2. The molecule has 0 bridgehead atoms. The molecule has 0 atom stereocenters. The van der Waals surface area contributed by atoms with E-state index < -0.39 is 0 Å². The zero-order chi connectivity index (χ0) is 30.9. The second kappa shape index (κ2) is 18.8. The fourth-order valence-corrected chi connectivity index (χ4v) is 5.46. The molecule has 7 nitrogen and oxygen atoms in total. The number of hydrogen-bond acceptors (Lipinski definition) is 8. The average molecular weight is 609 g/mol. The van der Waals surface area contributed by atoms with Gasteiger partial charge in [0.15, 0.2) is 5.78 Å². The van der Waals surface area contributed by atoms with E-state index in [1.807, 2.05) is 41.8 Å². The molecule has 43 heavy (non-hydrogen) atoms. The molecule has 0 amide bonds. The molecule has 0 fully saturated rings. The topological polar surface area (TPSA) is 88.1 Å². The maximum atomic E-state index is 12.1. The van der Waals surface area contributed by atoms with Gasteiger partial charge < -0.3 is 18.9 Å². The molecule has 0 spiro atoms. The van der Waals surface area contributed by atoms with Gasteiger partial charge in [-0.05, 0) is 116 Å². The summed E-state index contributed by atoms with van der Waals surface area (Å²) in [5.41, 5.74) is 4.94. The molecule has 0 radical (unpaired) electrons. The van der Waals surface area contributed by atoms with E-state index in [-0.39, 0.29) is 17.7 Å². The summed E-state index contributed by atoms with van der Waals surface area (Å²) in [6, 6.07) is 13.8. The van der Waals surface area contributed by atoms with Gasteiger partial charge in [-0.3, -0.25) is 14.4 Å². The van der Waals surface area contributed by atoms with E-state index in [1.54, 1.807) is 32.1 Å². The summed E-state index contributed by atoms with van der Waals surface area (Å²) >= 11 is 1.63. The van der Waals surface area contributed by atoms with Gasteiger partial charge in [0.05, 0.1) is 26.4 Å². The largest absolute Gasteiger partial charge is 0.494 e. The molecule has 1 heterocycles. The minimum Gasteiger partial charge on any atom is -0.494 e. The zero-order valence-corrected chi connectivity index (χ0v) is 26.5. The summed E-state index contributed by atoms with van der Waals surface area (Å²) in [4.78, 5) is 35.8. The third-order valence-electron chi connectivity index (χ3n) is 6.98. The summed E-state index contributed by atoms with van der Waals surface area (Å²) in [6.07, 6.45) is 6.57. The van der Waals surface area contributed by atoms with Crippen molar-refractivity contribution in [3.63, 3.8) is 0 Å². The van der Waals surface area contributed by atoms with Crippen LogP contribution in [-0.4, -0.2) is 44.1 Å². The van der Waals surface area contributed by atoms with Crippen LogP contribution in [0.1, 0.15) is 87.2 Å². The molecule has 0 saturated carbocycles. The van der Waals surface area contributed by atoms with Gasteiger partial charge in [0, 0.05) is 18.4 Å². The lowest BCUT2D eigenvalue weighted by Crippen LogP contribution is -2.10. The van der Waals surface area contributed by atoms with Gasteiger partial charge in [0.25, 0.3) is 0 Å². The smallest absolute Gasteiger partial charge is 0.306 e. The molecule has 0 aliphatic carbocycles. The highest BCUT2D eigenvalue weighted by Crippen LogP contribution is 2.29. The predicted octanol–water partition coefficient (Wildman–Crippen LogP) is 8.02. The van der Waals surface area contributed by atoms with Gasteiger partial charge in [-0.2, -0.15) is 11.3 Å².